The number of rotatable bonds is 4. The third-order valence-corrected chi connectivity index (χ3v) is 4.07. The van der Waals surface area contributed by atoms with E-state index in [1.165, 1.54) is 4.90 Å². The topological polar surface area (TPSA) is 63.6 Å². The van der Waals surface area contributed by atoms with Crippen molar-refractivity contribution in [3.63, 3.8) is 0 Å². The van der Waals surface area contributed by atoms with Gasteiger partial charge in [-0.2, -0.15) is 0 Å². The molecular weight excluding hydrogens is 206 g/mol. The lowest BCUT2D eigenvalue weighted by Gasteiger charge is -2.52. The summed E-state index contributed by atoms with van der Waals surface area (Å²) < 4.78 is 0. The molecule has 1 N–H and O–H groups in total. The molecule has 1 rings (SSSR count). The van der Waals surface area contributed by atoms with Crippen molar-refractivity contribution in [2.24, 2.45) is 5.92 Å². The monoisotopic (exact) mass is 228 g/mol. The zero-order chi connectivity index (χ0) is 12.2. The minimum atomic E-state index is -1.09. The summed E-state index contributed by atoms with van der Waals surface area (Å²) in [6, 6.07) is 0. The Bertz CT molecular complexity index is 240. The minimum absolute atomic E-state index is 0.0358. The fraction of sp³-hybridized carbons (Fsp3) is 0.917. The Kier molecular flexibility index (Phi) is 4.59. The highest BCUT2D eigenvalue weighted by molar-refractivity contribution is 5.64. The lowest BCUT2D eigenvalue weighted by atomic mass is 9.73. The van der Waals surface area contributed by atoms with Gasteiger partial charge in [0.15, 0.2) is 0 Å². The summed E-state index contributed by atoms with van der Waals surface area (Å²) in [5.41, 5.74) is -0.402. The lowest BCUT2D eigenvalue weighted by Crippen LogP contribution is -2.61. The van der Waals surface area contributed by atoms with Gasteiger partial charge >= 0.3 is 0 Å². The summed E-state index contributed by atoms with van der Waals surface area (Å²) in [5, 5.41) is 20.4. The Hall–Kier alpha value is -0.770. The first-order chi connectivity index (χ1) is 7.58. The van der Waals surface area contributed by atoms with E-state index in [9.17, 15) is 15.0 Å². The van der Waals surface area contributed by atoms with E-state index in [1.807, 2.05) is 0 Å². The second-order valence-electron chi connectivity index (χ2n) is 4.76. The number of hydrogen-bond acceptors (Lipinski definition) is 3. The number of aliphatic hydroxyl groups excluding tert-OH is 1. The van der Waals surface area contributed by atoms with Crippen LogP contribution < -0.4 is 5.11 Å². The van der Waals surface area contributed by atoms with Crippen molar-refractivity contribution >= 4 is 6.09 Å². The van der Waals surface area contributed by atoms with Crippen molar-refractivity contribution in [1.82, 2.24) is 4.90 Å². The van der Waals surface area contributed by atoms with Crippen molar-refractivity contribution in [2.75, 3.05) is 13.2 Å². The second kappa shape index (κ2) is 5.53. The van der Waals surface area contributed by atoms with E-state index in [0.717, 1.165) is 25.7 Å². The van der Waals surface area contributed by atoms with Gasteiger partial charge in [-0.3, -0.25) is 0 Å². The molecule has 0 aliphatic carbocycles. The highest BCUT2D eigenvalue weighted by Gasteiger charge is 2.42. The first kappa shape index (κ1) is 13.3. The van der Waals surface area contributed by atoms with Crippen LogP contribution in [0.3, 0.4) is 0 Å². The summed E-state index contributed by atoms with van der Waals surface area (Å²) in [6.45, 7) is 4.71. The molecule has 0 radical (unpaired) electrons. The Morgan fingerprint density at radius 3 is 2.75 bits per heavy atom. The normalized spacial score (nSPS) is 27.8. The summed E-state index contributed by atoms with van der Waals surface area (Å²) >= 11 is 0. The molecule has 0 spiro atoms. The van der Waals surface area contributed by atoms with Crippen LogP contribution in [0.2, 0.25) is 0 Å². The molecule has 4 nitrogen and oxygen atoms in total. The fourth-order valence-corrected chi connectivity index (χ4v) is 2.92. The molecule has 1 fully saturated rings. The Labute approximate surface area is 97.3 Å². The van der Waals surface area contributed by atoms with E-state index >= 15 is 0 Å². The molecule has 1 aliphatic rings. The number of nitrogens with zero attached hydrogens (tertiary/aromatic N) is 1. The second-order valence-corrected chi connectivity index (χ2v) is 4.76. The molecule has 94 valence electrons. The molecule has 1 aliphatic heterocycles. The standard InChI is InChI=1S/C12H23NO3/c1-3-10(2)12(7-9-14)6-4-5-8-13(12)11(15)16/h10,14H,3-9H2,1-2H3,(H,15,16)/p-1. The molecule has 0 saturated carbocycles. The summed E-state index contributed by atoms with van der Waals surface area (Å²) in [5.74, 6) is 0.262. The number of aliphatic hydroxyl groups is 1. The van der Waals surface area contributed by atoms with E-state index < -0.39 is 11.6 Å². The van der Waals surface area contributed by atoms with Crippen LogP contribution in [0.1, 0.15) is 46.0 Å². The molecule has 1 saturated heterocycles. The fourth-order valence-electron chi connectivity index (χ4n) is 2.92. The predicted octanol–water partition coefficient (Wildman–Crippen LogP) is 0.983. The minimum Gasteiger partial charge on any atom is -0.530 e. The first-order valence-electron chi connectivity index (χ1n) is 6.18. The van der Waals surface area contributed by atoms with Crippen LogP contribution >= 0.6 is 0 Å². The van der Waals surface area contributed by atoms with E-state index in [-0.39, 0.29) is 12.5 Å². The van der Waals surface area contributed by atoms with Crippen LogP contribution in [0.15, 0.2) is 0 Å². The van der Waals surface area contributed by atoms with Gasteiger partial charge in [-0.25, -0.2) is 0 Å². The number of carbonyl (C=O) groups excluding carboxylic acids is 1. The lowest BCUT2D eigenvalue weighted by molar-refractivity contribution is -0.276. The first-order valence-corrected chi connectivity index (χ1v) is 6.18. The van der Waals surface area contributed by atoms with E-state index in [1.54, 1.807) is 0 Å². The summed E-state index contributed by atoms with van der Waals surface area (Å²) in [4.78, 5) is 12.7. The Morgan fingerprint density at radius 1 is 1.56 bits per heavy atom. The average molecular weight is 228 g/mol. The molecule has 0 aromatic carbocycles. The SMILES string of the molecule is CCC(C)C1(CCO)CCCCN1C(=O)[O-]. The average Bonchev–Trinajstić information content (AvgIpc) is 2.28. The van der Waals surface area contributed by atoms with E-state index in [0.29, 0.717) is 13.0 Å². The molecule has 0 aromatic heterocycles. The third kappa shape index (κ3) is 2.32. The van der Waals surface area contributed by atoms with Crippen molar-refractivity contribution in [3.8, 4) is 0 Å². The Morgan fingerprint density at radius 2 is 2.25 bits per heavy atom. The summed E-state index contributed by atoms with van der Waals surface area (Å²) in [6.07, 6.45) is 3.13. The predicted molar refractivity (Wildman–Crippen MR) is 59.8 cm³/mol. The zero-order valence-corrected chi connectivity index (χ0v) is 10.2. The van der Waals surface area contributed by atoms with Gasteiger partial charge in [-0.05, 0) is 31.6 Å². The molecule has 4 heteroatoms. The maximum absolute atomic E-state index is 11.2. The molecule has 1 amide bonds. The smallest absolute Gasteiger partial charge is 0.137 e. The van der Waals surface area contributed by atoms with Crippen LogP contribution in [0, 0.1) is 5.92 Å². The Balaban J connectivity index is 2.97. The molecule has 1 heterocycles. The summed E-state index contributed by atoms with van der Waals surface area (Å²) in [7, 11) is 0. The number of carboxylic acid groups (broad SMARTS) is 1. The van der Waals surface area contributed by atoms with Gasteiger partial charge in [0.2, 0.25) is 0 Å². The maximum atomic E-state index is 11.2. The quantitative estimate of drug-likeness (QED) is 0.780. The van der Waals surface area contributed by atoms with Crippen LogP contribution in [0.5, 0.6) is 0 Å². The number of carbonyl (C=O) groups is 1. The van der Waals surface area contributed by atoms with Crippen molar-refractivity contribution in [3.05, 3.63) is 0 Å². The van der Waals surface area contributed by atoms with E-state index in [2.05, 4.69) is 13.8 Å². The molecule has 16 heavy (non-hydrogen) atoms. The van der Waals surface area contributed by atoms with Crippen LogP contribution in [-0.4, -0.2) is 34.8 Å². The van der Waals surface area contributed by atoms with Gasteiger partial charge in [0.05, 0.1) is 0 Å². The van der Waals surface area contributed by atoms with Gasteiger partial charge in [-0.15, -0.1) is 0 Å². The van der Waals surface area contributed by atoms with Gasteiger partial charge in [0.25, 0.3) is 0 Å². The highest BCUT2D eigenvalue weighted by atomic mass is 16.4. The highest BCUT2D eigenvalue weighted by Crippen LogP contribution is 2.38. The van der Waals surface area contributed by atoms with Crippen LogP contribution in [0.25, 0.3) is 0 Å². The van der Waals surface area contributed by atoms with Crippen molar-refractivity contribution < 1.29 is 15.0 Å². The molecule has 0 aromatic rings. The van der Waals surface area contributed by atoms with Gasteiger partial charge < -0.3 is 19.9 Å². The molecule has 0 bridgehead atoms. The maximum Gasteiger partial charge on any atom is 0.137 e. The molecule has 2 unspecified atom stereocenters. The van der Waals surface area contributed by atoms with Gasteiger partial charge in [-0.1, -0.05) is 20.3 Å². The number of piperidine rings is 1. The van der Waals surface area contributed by atoms with Gasteiger partial charge in [0.1, 0.15) is 6.09 Å². The zero-order valence-electron chi connectivity index (χ0n) is 10.2. The largest absolute Gasteiger partial charge is 0.530 e. The molecular formula is C12H22NO3-. The van der Waals surface area contributed by atoms with E-state index in [4.69, 9.17) is 0 Å². The van der Waals surface area contributed by atoms with Crippen LogP contribution in [-0.2, 0) is 0 Å². The third-order valence-electron chi connectivity index (χ3n) is 4.07. The van der Waals surface area contributed by atoms with Crippen LogP contribution in [0.4, 0.5) is 4.79 Å². The number of amides is 1. The van der Waals surface area contributed by atoms with Gasteiger partial charge in [0, 0.05) is 18.7 Å². The van der Waals surface area contributed by atoms with Crippen molar-refractivity contribution in [2.45, 2.75) is 51.5 Å². The molecule has 2 atom stereocenters. The number of hydrogen-bond donors (Lipinski definition) is 1. The van der Waals surface area contributed by atoms with Crippen molar-refractivity contribution in [1.29, 1.82) is 0 Å². The number of likely N-dealkylation sites (tertiary alicyclic amines) is 1.